The molecule has 5 nitrogen and oxygen atoms in total. The summed E-state index contributed by atoms with van der Waals surface area (Å²) in [4.78, 5) is 12.4. The van der Waals surface area contributed by atoms with Gasteiger partial charge < -0.3 is 14.8 Å². The first-order valence-electron chi connectivity index (χ1n) is 8.74. The van der Waals surface area contributed by atoms with E-state index in [-0.39, 0.29) is 12.5 Å². The van der Waals surface area contributed by atoms with Crippen molar-refractivity contribution < 1.29 is 14.3 Å². The Labute approximate surface area is 157 Å². The summed E-state index contributed by atoms with van der Waals surface area (Å²) in [5.41, 5.74) is 3.92. The van der Waals surface area contributed by atoms with Gasteiger partial charge in [0.2, 0.25) is 0 Å². The van der Waals surface area contributed by atoms with Crippen molar-refractivity contribution in [1.29, 1.82) is 5.26 Å². The quantitative estimate of drug-likeness (QED) is 0.752. The molecule has 0 atom stereocenters. The highest BCUT2D eigenvalue weighted by Gasteiger charge is 2.17. The van der Waals surface area contributed by atoms with Crippen LogP contribution in [0.4, 0.5) is 5.69 Å². The van der Waals surface area contributed by atoms with Crippen LogP contribution in [0.2, 0.25) is 0 Å². The number of hydrogen-bond donors (Lipinski definition) is 1. The third-order valence-corrected chi connectivity index (χ3v) is 4.80. The van der Waals surface area contributed by atoms with E-state index >= 15 is 0 Å². The highest BCUT2D eigenvalue weighted by molar-refractivity contribution is 6.05. The molecule has 1 aliphatic rings. The number of nitriles is 1. The summed E-state index contributed by atoms with van der Waals surface area (Å²) in [6.07, 6.45) is 2.09. The maximum absolute atomic E-state index is 12.4. The number of anilines is 1. The summed E-state index contributed by atoms with van der Waals surface area (Å²) in [5, 5.41) is 14.2. The van der Waals surface area contributed by atoms with Gasteiger partial charge in [0.05, 0.1) is 18.7 Å². The average Bonchev–Trinajstić information content (AvgIpc) is 3.13. The molecule has 0 radical (unpaired) electrons. The van der Waals surface area contributed by atoms with E-state index in [1.54, 1.807) is 18.2 Å². The van der Waals surface area contributed by atoms with Crippen molar-refractivity contribution in [1.82, 2.24) is 0 Å². The number of nitrogens with one attached hydrogen (secondary N) is 1. The highest BCUT2D eigenvalue weighted by Crippen LogP contribution is 2.35. The predicted octanol–water partition coefficient (Wildman–Crippen LogP) is 3.84. The number of amides is 1. The fourth-order valence-electron chi connectivity index (χ4n) is 3.54. The number of nitrogens with zero attached hydrogens (tertiary/aromatic N) is 1. The molecule has 0 heterocycles. The topological polar surface area (TPSA) is 71.3 Å². The SMILES string of the molecule is COc1cc(C#N)ccc1OCC(=O)Nc1ccc2c3c(cccc13)CC2. The summed E-state index contributed by atoms with van der Waals surface area (Å²) in [6, 6.07) is 17.1. The lowest BCUT2D eigenvalue weighted by atomic mass is 10.0. The molecule has 0 saturated carbocycles. The number of ether oxygens (including phenoxy) is 2. The molecule has 1 aliphatic carbocycles. The lowest BCUT2D eigenvalue weighted by Gasteiger charge is -2.13. The van der Waals surface area contributed by atoms with Crippen LogP contribution in [-0.4, -0.2) is 19.6 Å². The largest absolute Gasteiger partial charge is 0.493 e. The molecule has 27 heavy (non-hydrogen) atoms. The van der Waals surface area contributed by atoms with Crippen LogP contribution in [0.5, 0.6) is 11.5 Å². The first kappa shape index (κ1) is 16.9. The molecule has 134 valence electrons. The standard InChI is InChI=1S/C22H18N2O3/c1-26-20-11-14(12-23)5-10-19(20)27-13-21(25)24-18-9-8-16-7-6-15-3-2-4-17(18)22(15)16/h2-5,8-11H,6-7,13H2,1H3,(H,24,25). The van der Waals surface area contributed by atoms with Crippen molar-refractivity contribution in [3.63, 3.8) is 0 Å². The molecule has 3 aromatic rings. The van der Waals surface area contributed by atoms with Gasteiger partial charge in [-0.25, -0.2) is 0 Å². The molecule has 0 unspecified atom stereocenters. The molecule has 5 heteroatoms. The van der Waals surface area contributed by atoms with Crippen LogP contribution in [0, 0.1) is 11.3 Å². The van der Waals surface area contributed by atoms with E-state index in [0.29, 0.717) is 17.1 Å². The molecule has 0 bridgehead atoms. The maximum atomic E-state index is 12.4. The van der Waals surface area contributed by atoms with Gasteiger partial charge in [0, 0.05) is 17.1 Å². The monoisotopic (exact) mass is 358 g/mol. The lowest BCUT2D eigenvalue weighted by Crippen LogP contribution is -2.20. The van der Waals surface area contributed by atoms with Gasteiger partial charge in [-0.2, -0.15) is 5.26 Å². The summed E-state index contributed by atoms with van der Waals surface area (Å²) in [7, 11) is 1.50. The zero-order valence-electron chi connectivity index (χ0n) is 14.9. The van der Waals surface area contributed by atoms with Crippen molar-refractivity contribution >= 4 is 22.4 Å². The minimum atomic E-state index is -0.250. The number of aryl methyl sites for hydroxylation is 2. The second-order valence-electron chi connectivity index (χ2n) is 6.43. The van der Waals surface area contributed by atoms with E-state index in [1.165, 1.54) is 23.6 Å². The van der Waals surface area contributed by atoms with E-state index in [2.05, 4.69) is 17.4 Å². The molecule has 4 rings (SSSR count). The Hall–Kier alpha value is -3.52. The fraction of sp³-hybridized carbons (Fsp3) is 0.182. The fourth-order valence-corrected chi connectivity index (χ4v) is 3.54. The Balaban J connectivity index is 1.50. The number of carbonyl (C=O) groups is 1. The second-order valence-corrected chi connectivity index (χ2v) is 6.43. The molecule has 0 saturated heterocycles. The predicted molar refractivity (Wildman–Crippen MR) is 103 cm³/mol. The molecule has 0 aromatic heterocycles. The summed E-state index contributed by atoms with van der Waals surface area (Å²) in [6.45, 7) is -0.148. The number of methoxy groups -OCH3 is 1. The number of rotatable bonds is 5. The Morgan fingerprint density at radius 1 is 1.11 bits per heavy atom. The average molecular weight is 358 g/mol. The van der Waals surface area contributed by atoms with Crippen molar-refractivity contribution in [2.45, 2.75) is 12.8 Å². The van der Waals surface area contributed by atoms with Gasteiger partial charge in [0.1, 0.15) is 0 Å². The molecule has 1 N–H and O–H groups in total. The van der Waals surface area contributed by atoms with E-state index in [1.807, 2.05) is 24.3 Å². The molecule has 3 aromatic carbocycles. The van der Waals surface area contributed by atoms with Crippen molar-refractivity contribution in [3.05, 3.63) is 65.2 Å². The van der Waals surface area contributed by atoms with Gasteiger partial charge >= 0.3 is 0 Å². The van der Waals surface area contributed by atoms with Crippen molar-refractivity contribution in [2.24, 2.45) is 0 Å². The van der Waals surface area contributed by atoms with Crippen molar-refractivity contribution in [3.8, 4) is 17.6 Å². The highest BCUT2D eigenvalue weighted by atomic mass is 16.5. The van der Waals surface area contributed by atoms with Crippen LogP contribution in [0.1, 0.15) is 16.7 Å². The first-order valence-corrected chi connectivity index (χ1v) is 8.74. The number of benzene rings is 3. The van der Waals surface area contributed by atoms with Crippen LogP contribution in [0.15, 0.2) is 48.5 Å². The zero-order chi connectivity index (χ0) is 18.8. The van der Waals surface area contributed by atoms with Crippen LogP contribution in [0.25, 0.3) is 10.8 Å². The third-order valence-electron chi connectivity index (χ3n) is 4.80. The molecular formula is C22H18N2O3. The number of hydrogen-bond acceptors (Lipinski definition) is 4. The van der Waals surface area contributed by atoms with E-state index < -0.39 is 0 Å². The van der Waals surface area contributed by atoms with E-state index in [4.69, 9.17) is 14.7 Å². The van der Waals surface area contributed by atoms with E-state index in [0.717, 1.165) is 23.9 Å². The van der Waals surface area contributed by atoms with Crippen LogP contribution in [0.3, 0.4) is 0 Å². The summed E-state index contributed by atoms with van der Waals surface area (Å²) >= 11 is 0. The smallest absolute Gasteiger partial charge is 0.262 e. The van der Waals surface area contributed by atoms with Gasteiger partial charge in [-0.1, -0.05) is 24.3 Å². The minimum Gasteiger partial charge on any atom is -0.493 e. The third kappa shape index (κ3) is 3.18. The maximum Gasteiger partial charge on any atom is 0.262 e. The first-order chi connectivity index (χ1) is 13.2. The van der Waals surface area contributed by atoms with Crippen LogP contribution in [-0.2, 0) is 17.6 Å². The Morgan fingerprint density at radius 3 is 2.70 bits per heavy atom. The zero-order valence-corrected chi connectivity index (χ0v) is 14.9. The van der Waals surface area contributed by atoms with Crippen molar-refractivity contribution in [2.75, 3.05) is 19.0 Å². The second kappa shape index (κ2) is 7.00. The molecular weight excluding hydrogens is 340 g/mol. The summed E-state index contributed by atoms with van der Waals surface area (Å²) in [5.74, 6) is 0.597. The Morgan fingerprint density at radius 2 is 1.93 bits per heavy atom. The molecule has 0 aliphatic heterocycles. The Bertz CT molecular complexity index is 1070. The van der Waals surface area contributed by atoms with Crippen LogP contribution >= 0.6 is 0 Å². The normalized spacial score (nSPS) is 11.9. The van der Waals surface area contributed by atoms with Gasteiger partial charge in [0.25, 0.3) is 5.91 Å². The number of carbonyl (C=O) groups excluding carboxylic acids is 1. The van der Waals surface area contributed by atoms with Gasteiger partial charge in [-0.05, 0) is 47.6 Å². The van der Waals surface area contributed by atoms with Gasteiger partial charge in [-0.3, -0.25) is 4.79 Å². The molecule has 0 fully saturated rings. The summed E-state index contributed by atoms with van der Waals surface area (Å²) < 4.78 is 10.8. The molecule has 0 spiro atoms. The van der Waals surface area contributed by atoms with Crippen LogP contribution < -0.4 is 14.8 Å². The Kier molecular flexibility index (Phi) is 4.39. The van der Waals surface area contributed by atoms with E-state index in [9.17, 15) is 4.79 Å². The van der Waals surface area contributed by atoms with Gasteiger partial charge in [0.15, 0.2) is 18.1 Å². The minimum absolute atomic E-state index is 0.148. The molecule has 1 amide bonds. The van der Waals surface area contributed by atoms with Gasteiger partial charge in [-0.15, -0.1) is 0 Å². The lowest BCUT2D eigenvalue weighted by molar-refractivity contribution is -0.118.